The van der Waals surface area contributed by atoms with E-state index in [1.54, 1.807) is 0 Å². The van der Waals surface area contributed by atoms with Crippen molar-refractivity contribution in [3.8, 4) is 11.1 Å². The number of benzene rings is 8. The Balaban J connectivity index is 1.22. The van der Waals surface area contributed by atoms with E-state index >= 15 is 0 Å². The zero-order valence-electron chi connectivity index (χ0n) is 28.9. The van der Waals surface area contributed by atoms with Crippen LogP contribution in [0, 0.1) is 0 Å². The monoisotopic (exact) mass is 645 g/mol. The molecule has 0 N–H and O–H groups in total. The van der Waals surface area contributed by atoms with Crippen molar-refractivity contribution in [1.82, 2.24) is 4.48 Å². The highest BCUT2D eigenvalue weighted by Crippen LogP contribution is 2.52. The van der Waals surface area contributed by atoms with E-state index in [-0.39, 0.29) is 5.54 Å². The Hall–Kier alpha value is -5.96. The van der Waals surface area contributed by atoms with Gasteiger partial charge in [0, 0.05) is 40.3 Å². The number of para-hydroxylation sites is 2. The summed E-state index contributed by atoms with van der Waals surface area (Å²) in [6.07, 6.45) is 0. The van der Waals surface area contributed by atoms with Gasteiger partial charge in [-0.3, -0.25) is 0 Å². The Morgan fingerprint density at radius 1 is 0.380 bits per heavy atom. The molecular weight excluding hydrogens is 605 g/mol. The van der Waals surface area contributed by atoms with Gasteiger partial charge in [-0.1, -0.05) is 115 Å². The van der Waals surface area contributed by atoms with Crippen molar-refractivity contribution in [3.63, 3.8) is 0 Å². The molecule has 0 amide bonds. The number of anilines is 3. The largest absolute Gasteiger partial charge is 0.310 e. The van der Waals surface area contributed by atoms with Gasteiger partial charge in [0.15, 0.2) is 5.69 Å². The number of quaternary nitrogens is 1. The Bertz CT molecular complexity index is 2380. The number of nitrogens with zero attached hydrogens (tertiary/aromatic N) is 2. The average molecular weight is 646 g/mol. The molecule has 0 heterocycles. The lowest BCUT2D eigenvalue weighted by atomic mass is 9.92. The van der Waals surface area contributed by atoms with Crippen LogP contribution in [0.1, 0.15) is 20.8 Å². The second-order valence-corrected chi connectivity index (χ2v) is 13.9. The highest BCUT2D eigenvalue weighted by atomic mass is 15.4. The van der Waals surface area contributed by atoms with Crippen molar-refractivity contribution in [2.45, 2.75) is 26.3 Å². The molecular formula is C48H41N2+. The third kappa shape index (κ3) is 5.35. The minimum Gasteiger partial charge on any atom is -0.310 e. The summed E-state index contributed by atoms with van der Waals surface area (Å²) in [7, 11) is 0. The van der Waals surface area contributed by atoms with Crippen LogP contribution in [0.2, 0.25) is 0 Å². The second-order valence-electron chi connectivity index (χ2n) is 13.9. The maximum absolute atomic E-state index is 2.36. The van der Waals surface area contributed by atoms with E-state index < -0.39 is 0 Å². The standard InChI is InChI=1S/C48H41N2/c1-48(2,3)50(42-22-8-5-9-23-42,47-27-15-19-39-17-11-13-25-45(39)47)43-34-30-37(31-35-43)36-28-32-41(33-29-36)49(40-20-6-4-7-21-40)46-26-14-18-38-16-10-12-24-44(38)46/h4-35H,1-3H3/q+1. The maximum Gasteiger partial charge on any atom is 0.151 e. The van der Waals surface area contributed by atoms with Crippen LogP contribution >= 0.6 is 0 Å². The summed E-state index contributed by atoms with van der Waals surface area (Å²) in [5.74, 6) is 0. The van der Waals surface area contributed by atoms with Crippen molar-refractivity contribution in [1.29, 1.82) is 0 Å². The SMILES string of the molecule is CC(C)(C)[N+](c1ccccc1)(c1ccc(-c2ccc(N(c3ccccc3)c3cccc4ccccc34)cc2)cc1)c1cccc2ccccc12. The van der Waals surface area contributed by atoms with E-state index in [1.807, 2.05) is 0 Å². The summed E-state index contributed by atoms with van der Waals surface area (Å²) in [5, 5.41) is 4.97. The van der Waals surface area contributed by atoms with Crippen LogP contribution in [0.5, 0.6) is 0 Å². The van der Waals surface area contributed by atoms with E-state index in [1.165, 1.54) is 49.7 Å². The molecule has 0 spiro atoms. The van der Waals surface area contributed by atoms with Crippen LogP contribution in [0.25, 0.3) is 32.7 Å². The zero-order valence-corrected chi connectivity index (χ0v) is 28.9. The van der Waals surface area contributed by atoms with E-state index in [9.17, 15) is 0 Å². The fourth-order valence-electron chi connectivity index (χ4n) is 7.80. The van der Waals surface area contributed by atoms with E-state index in [2.05, 4.69) is 220 Å². The van der Waals surface area contributed by atoms with Gasteiger partial charge in [-0.05, 0) is 103 Å². The fraction of sp³-hybridized carbons (Fsp3) is 0.0833. The molecule has 8 aromatic rings. The molecule has 0 saturated carbocycles. The summed E-state index contributed by atoms with van der Waals surface area (Å²) in [6.45, 7) is 7.05. The van der Waals surface area contributed by atoms with Gasteiger partial charge in [-0.15, -0.1) is 0 Å². The first-order valence-corrected chi connectivity index (χ1v) is 17.4. The first-order chi connectivity index (χ1) is 24.4. The quantitative estimate of drug-likeness (QED) is 0.156. The van der Waals surface area contributed by atoms with Crippen molar-refractivity contribution in [3.05, 3.63) is 194 Å². The Morgan fingerprint density at radius 2 is 0.840 bits per heavy atom. The summed E-state index contributed by atoms with van der Waals surface area (Å²) < 4.78 is 0.589. The first-order valence-electron chi connectivity index (χ1n) is 17.4. The van der Waals surface area contributed by atoms with E-state index in [4.69, 9.17) is 0 Å². The average Bonchev–Trinajstić information content (AvgIpc) is 3.16. The van der Waals surface area contributed by atoms with Crippen molar-refractivity contribution in [2.75, 3.05) is 4.90 Å². The highest BCUT2D eigenvalue weighted by Gasteiger charge is 2.47. The summed E-state index contributed by atoms with van der Waals surface area (Å²) in [4.78, 5) is 2.36. The van der Waals surface area contributed by atoms with Gasteiger partial charge >= 0.3 is 0 Å². The molecule has 50 heavy (non-hydrogen) atoms. The van der Waals surface area contributed by atoms with Gasteiger partial charge in [0.1, 0.15) is 16.9 Å². The molecule has 0 aliphatic carbocycles. The third-order valence-electron chi connectivity index (χ3n) is 10.0. The smallest absolute Gasteiger partial charge is 0.151 e. The molecule has 0 fully saturated rings. The van der Waals surface area contributed by atoms with E-state index in [0.717, 1.165) is 17.1 Å². The lowest BCUT2D eigenvalue weighted by molar-refractivity contribution is 0.299. The lowest BCUT2D eigenvalue weighted by Crippen LogP contribution is -2.54. The molecule has 0 radical (unpaired) electrons. The van der Waals surface area contributed by atoms with Gasteiger partial charge in [-0.2, -0.15) is 0 Å². The molecule has 0 aliphatic rings. The van der Waals surface area contributed by atoms with Crippen molar-refractivity contribution < 1.29 is 0 Å². The fourth-order valence-corrected chi connectivity index (χ4v) is 7.80. The minimum absolute atomic E-state index is 0.197. The maximum atomic E-state index is 2.36. The molecule has 0 aliphatic heterocycles. The van der Waals surface area contributed by atoms with E-state index in [0.29, 0.717) is 4.48 Å². The van der Waals surface area contributed by atoms with Crippen molar-refractivity contribution >= 4 is 55.7 Å². The number of hydrogen-bond acceptors (Lipinski definition) is 1. The molecule has 2 heteroatoms. The summed E-state index contributed by atoms with van der Waals surface area (Å²) in [6, 6.07) is 70.5. The summed E-state index contributed by atoms with van der Waals surface area (Å²) >= 11 is 0. The lowest BCUT2D eigenvalue weighted by Gasteiger charge is -2.48. The molecule has 8 aromatic carbocycles. The molecule has 0 saturated heterocycles. The van der Waals surface area contributed by atoms with Gasteiger partial charge < -0.3 is 4.90 Å². The topological polar surface area (TPSA) is 3.24 Å². The number of fused-ring (bicyclic) bond motifs is 2. The predicted molar refractivity (Wildman–Crippen MR) is 215 cm³/mol. The van der Waals surface area contributed by atoms with Crippen molar-refractivity contribution in [2.24, 2.45) is 0 Å². The minimum atomic E-state index is -0.197. The van der Waals surface area contributed by atoms with Crippen LogP contribution in [-0.4, -0.2) is 5.54 Å². The second kappa shape index (κ2) is 12.8. The van der Waals surface area contributed by atoms with Crippen LogP contribution in [0.4, 0.5) is 34.1 Å². The number of hydrogen-bond donors (Lipinski definition) is 0. The molecule has 242 valence electrons. The van der Waals surface area contributed by atoms with Crippen LogP contribution in [0.15, 0.2) is 194 Å². The predicted octanol–water partition coefficient (Wildman–Crippen LogP) is 13.9. The van der Waals surface area contributed by atoms with Crippen LogP contribution < -0.4 is 9.38 Å². The van der Waals surface area contributed by atoms with Crippen LogP contribution in [-0.2, 0) is 0 Å². The highest BCUT2D eigenvalue weighted by molar-refractivity contribution is 5.99. The molecule has 1 atom stereocenters. The van der Waals surface area contributed by atoms with Crippen LogP contribution in [0.3, 0.4) is 0 Å². The first kappa shape index (κ1) is 31.3. The Kier molecular flexibility index (Phi) is 8.03. The Labute approximate surface area is 295 Å². The Morgan fingerprint density at radius 3 is 1.48 bits per heavy atom. The molecule has 0 aromatic heterocycles. The number of rotatable bonds is 7. The third-order valence-corrected chi connectivity index (χ3v) is 10.0. The molecule has 0 bridgehead atoms. The van der Waals surface area contributed by atoms with Gasteiger partial charge in [0.05, 0.1) is 5.69 Å². The molecule has 2 nitrogen and oxygen atoms in total. The normalized spacial score (nSPS) is 12.9. The summed E-state index contributed by atoms with van der Waals surface area (Å²) in [5.41, 5.74) is 9.33. The zero-order chi connectivity index (χ0) is 34.1. The van der Waals surface area contributed by atoms with Gasteiger partial charge in [0.25, 0.3) is 0 Å². The molecule has 1 unspecified atom stereocenters. The molecule has 8 rings (SSSR count). The van der Waals surface area contributed by atoms with Gasteiger partial charge in [0.2, 0.25) is 0 Å². The van der Waals surface area contributed by atoms with Gasteiger partial charge in [-0.25, -0.2) is 4.48 Å².